The molecule has 2 rings (SSSR count). The Morgan fingerprint density at radius 1 is 1.00 bits per heavy atom. The van der Waals surface area contributed by atoms with E-state index >= 15 is 0 Å². The smallest absolute Gasteiger partial charge is 0.215 e. The summed E-state index contributed by atoms with van der Waals surface area (Å²) in [6.45, 7) is 0.371. The molecule has 0 aromatic heterocycles. The van der Waals surface area contributed by atoms with Gasteiger partial charge in [0.25, 0.3) is 0 Å². The van der Waals surface area contributed by atoms with Crippen LogP contribution in [0.4, 0.5) is 0 Å². The standard InChI is InChI=1S/C16H18INO4S/c1-21-15-6-8-16(9-7-15)22-10-11-23(19,20)18-12-13-2-4-14(17)5-3-13/h2-9,18H,10-12H2,1H3. The summed E-state index contributed by atoms with van der Waals surface area (Å²) in [6.07, 6.45) is 0. The van der Waals surface area contributed by atoms with Crippen LogP contribution in [-0.4, -0.2) is 27.9 Å². The lowest BCUT2D eigenvalue weighted by Crippen LogP contribution is -2.28. The van der Waals surface area contributed by atoms with Gasteiger partial charge in [-0.15, -0.1) is 0 Å². The summed E-state index contributed by atoms with van der Waals surface area (Å²) in [5, 5.41) is 0. The van der Waals surface area contributed by atoms with Crippen LogP contribution in [0.15, 0.2) is 48.5 Å². The molecule has 0 spiro atoms. The van der Waals surface area contributed by atoms with Crippen molar-refractivity contribution in [2.45, 2.75) is 6.54 Å². The summed E-state index contributed by atoms with van der Waals surface area (Å²) < 4.78 is 38.1. The zero-order valence-electron chi connectivity index (χ0n) is 12.7. The minimum Gasteiger partial charge on any atom is -0.497 e. The van der Waals surface area contributed by atoms with Crippen molar-refractivity contribution in [3.05, 3.63) is 57.7 Å². The van der Waals surface area contributed by atoms with Crippen LogP contribution in [-0.2, 0) is 16.6 Å². The minimum absolute atomic E-state index is 0.0916. The SMILES string of the molecule is COc1ccc(OCCS(=O)(=O)NCc2ccc(I)cc2)cc1. The first-order valence-corrected chi connectivity index (χ1v) is 9.70. The zero-order valence-corrected chi connectivity index (χ0v) is 15.6. The Kier molecular flexibility index (Phi) is 6.67. The second-order valence-corrected chi connectivity index (χ2v) is 7.96. The molecule has 0 saturated carbocycles. The van der Waals surface area contributed by atoms with Crippen LogP contribution in [0.3, 0.4) is 0 Å². The van der Waals surface area contributed by atoms with Crippen LogP contribution in [0, 0.1) is 3.57 Å². The zero-order chi connectivity index (χ0) is 16.7. The summed E-state index contributed by atoms with van der Waals surface area (Å²) in [5.41, 5.74) is 0.921. The molecule has 23 heavy (non-hydrogen) atoms. The fourth-order valence-electron chi connectivity index (χ4n) is 1.81. The lowest BCUT2D eigenvalue weighted by molar-refractivity contribution is 0.339. The molecule has 7 heteroatoms. The predicted molar refractivity (Wildman–Crippen MR) is 98.3 cm³/mol. The third kappa shape index (κ3) is 6.36. The number of nitrogens with one attached hydrogen (secondary N) is 1. The molecular formula is C16H18INO4S. The molecule has 0 radical (unpaired) electrons. The van der Waals surface area contributed by atoms with E-state index in [1.807, 2.05) is 24.3 Å². The largest absolute Gasteiger partial charge is 0.497 e. The van der Waals surface area contributed by atoms with Crippen molar-refractivity contribution < 1.29 is 17.9 Å². The molecule has 0 atom stereocenters. The van der Waals surface area contributed by atoms with Gasteiger partial charge in [-0.1, -0.05) is 12.1 Å². The molecular weight excluding hydrogens is 429 g/mol. The molecule has 0 amide bonds. The quantitative estimate of drug-likeness (QED) is 0.633. The van der Waals surface area contributed by atoms with Gasteiger partial charge in [0, 0.05) is 10.1 Å². The molecule has 5 nitrogen and oxygen atoms in total. The van der Waals surface area contributed by atoms with E-state index in [1.165, 1.54) is 0 Å². The molecule has 0 fully saturated rings. The van der Waals surface area contributed by atoms with Gasteiger partial charge in [-0.25, -0.2) is 13.1 Å². The van der Waals surface area contributed by atoms with Gasteiger partial charge in [-0.3, -0.25) is 0 Å². The first kappa shape index (κ1) is 18.0. The van der Waals surface area contributed by atoms with Gasteiger partial charge < -0.3 is 9.47 Å². The van der Waals surface area contributed by atoms with E-state index in [0.29, 0.717) is 5.75 Å². The summed E-state index contributed by atoms with van der Waals surface area (Å²) in [7, 11) is -1.79. The van der Waals surface area contributed by atoms with Crippen molar-refractivity contribution in [1.82, 2.24) is 4.72 Å². The predicted octanol–water partition coefficient (Wildman–Crippen LogP) is 2.80. The van der Waals surface area contributed by atoms with Crippen molar-refractivity contribution in [3.63, 3.8) is 0 Å². The van der Waals surface area contributed by atoms with Gasteiger partial charge in [0.2, 0.25) is 10.0 Å². The van der Waals surface area contributed by atoms with Gasteiger partial charge in [0.15, 0.2) is 0 Å². The van der Waals surface area contributed by atoms with E-state index < -0.39 is 10.0 Å². The number of benzene rings is 2. The molecule has 0 saturated heterocycles. The Labute approximate surface area is 150 Å². The first-order valence-electron chi connectivity index (χ1n) is 6.97. The molecule has 0 aliphatic carbocycles. The van der Waals surface area contributed by atoms with E-state index in [-0.39, 0.29) is 18.9 Å². The normalized spacial score (nSPS) is 11.2. The molecule has 0 aliphatic rings. The molecule has 1 N–H and O–H groups in total. The van der Waals surface area contributed by atoms with E-state index in [1.54, 1.807) is 31.4 Å². The van der Waals surface area contributed by atoms with Gasteiger partial charge in [0.05, 0.1) is 12.9 Å². The number of sulfonamides is 1. The Hall–Kier alpha value is -1.32. The second kappa shape index (κ2) is 8.51. The summed E-state index contributed by atoms with van der Waals surface area (Å²) >= 11 is 2.21. The average molecular weight is 447 g/mol. The number of ether oxygens (including phenoxy) is 2. The molecule has 2 aromatic rings. The Balaban J connectivity index is 1.77. The van der Waals surface area contributed by atoms with Crippen LogP contribution in [0.25, 0.3) is 0 Å². The van der Waals surface area contributed by atoms with E-state index in [0.717, 1.165) is 14.9 Å². The topological polar surface area (TPSA) is 64.6 Å². The van der Waals surface area contributed by atoms with Crippen molar-refractivity contribution in [2.24, 2.45) is 0 Å². The lowest BCUT2D eigenvalue weighted by Gasteiger charge is -2.09. The van der Waals surface area contributed by atoms with Crippen LogP contribution in [0.1, 0.15) is 5.56 Å². The van der Waals surface area contributed by atoms with Crippen molar-refractivity contribution in [2.75, 3.05) is 19.5 Å². The fourth-order valence-corrected chi connectivity index (χ4v) is 3.00. The van der Waals surface area contributed by atoms with Crippen molar-refractivity contribution >= 4 is 32.6 Å². The van der Waals surface area contributed by atoms with E-state index in [2.05, 4.69) is 27.3 Å². The minimum atomic E-state index is -3.37. The lowest BCUT2D eigenvalue weighted by atomic mass is 10.2. The van der Waals surface area contributed by atoms with Gasteiger partial charge in [-0.05, 0) is 64.6 Å². The van der Waals surface area contributed by atoms with E-state index in [4.69, 9.17) is 9.47 Å². The number of hydrogen-bond donors (Lipinski definition) is 1. The van der Waals surface area contributed by atoms with Gasteiger partial charge in [-0.2, -0.15) is 0 Å². The Morgan fingerprint density at radius 3 is 2.22 bits per heavy atom. The van der Waals surface area contributed by atoms with E-state index in [9.17, 15) is 8.42 Å². The number of rotatable bonds is 8. The molecule has 0 unspecified atom stereocenters. The maximum Gasteiger partial charge on any atom is 0.215 e. The highest BCUT2D eigenvalue weighted by molar-refractivity contribution is 14.1. The highest BCUT2D eigenvalue weighted by Gasteiger charge is 2.10. The fraction of sp³-hybridized carbons (Fsp3) is 0.250. The second-order valence-electron chi connectivity index (χ2n) is 4.79. The van der Waals surface area contributed by atoms with Crippen LogP contribution < -0.4 is 14.2 Å². The number of halogens is 1. The highest BCUT2D eigenvalue weighted by atomic mass is 127. The molecule has 124 valence electrons. The van der Waals surface area contributed by atoms with Crippen molar-refractivity contribution in [3.8, 4) is 11.5 Å². The molecule has 0 heterocycles. The van der Waals surface area contributed by atoms with Crippen molar-refractivity contribution in [1.29, 1.82) is 0 Å². The number of hydrogen-bond acceptors (Lipinski definition) is 4. The summed E-state index contributed by atoms with van der Waals surface area (Å²) in [4.78, 5) is 0. The molecule has 0 aliphatic heterocycles. The number of methoxy groups -OCH3 is 1. The molecule has 0 bridgehead atoms. The average Bonchev–Trinajstić information content (AvgIpc) is 2.55. The summed E-state index contributed by atoms with van der Waals surface area (Å²) in [5.74, 6) is 1.24. The van der Waals surface area contributed by atoms with Crippen LogP contribution >= 0.6 is 22.6 Å². The van der Waals surface area contributed by atoms with Gasteiger partial charge >= 0.3 is 0 Å². The highest BCUT2D eigenvalue weighted by Crippen LogP contribution is 2.16. The van der Waals surface area contributed by atoms with Crippen LogP contribution in [0.5, 0.6) is 11.5 Å². The summed E-state index contributed by atoms with van der Waals surface area (Å²) in [6, 6.07) is 14.7. The monoisotopic (exact) mass is 447 g/mol. The maximum absolute atomic E-state index is 11.9. The first-order chi connectivity index (χ1) is 11.0. The third-order valence-corrected chi connectivity index (χ3v) is 5.10. The maximum atomic E-state index is 11.9. The molecule has 2 aromatic carbocycles. The Bertz CT molecular complexity index is 715. The van der Waals surface area contributed by atoms with Gasteiger partial charge in [0.1, 0.15) is 18.1 Å². The third-order valence-electron chi connectivity index (χ3n) is 3.09. The van der Waals surface area contributed by atoms with Crippen LogP contribution in [0.2, 0.25) is 0 Å². The Morgan fingerprint density at radius 2 is 1.61 bits per heavy atom.